The molecular formula is C21H32N2O5. The van der Waals surface area contributed by atoms with Crippen LogP contribution in [-0.4, -0.2) is 72.9 Å². The Hall–Kier alpha value is -2.12. The van der Waals surface area contributed by atoms with Crippen molar-refractivity contribution in [2.45, 2.75) is 50.9 Å². The molecule has 0 atom stereocenters. The van der Waals surface area contributed by atoms with E-state index >= 15 is 0 Å². The fourth-order valence-corrected chi connectivity index (χ4v) is 3.30. The van der Waals surface area contributed by atoms with Crippen molar-refractivity contribution < 1.29 is 24.2 Å². The molecule has 0 saturated heterocycles. The van der Waals surface area contributed by atoms with Crippen LogP contribution in [0.15, 0.2) is 30.3 Å². The van der Waals surface area contributed by atoms with Crippen LogP contribution >= 0.6 is 0 Å². The Balaban J connectivity index is 1.66. The van der Waals surface area contributed by atoms with Crippen molar-refractivity contribution in [1.29, 1.82) is 0 Å². The number of nitrogens with zero attached hydrogens (tertiary/aromatic N) is 2. The van der Waals surface area contributed by atoms with Gasteiger partial charge in [-0.3, -0.25) is 4.79 Å². The number of ether oxygens (including phenoxy) is 2. The maximum absolute atomic E-state index is 12.3. The van der Waals surface area contributed by atoms with E-state index in [-0.39, 0.29) is 44.0 Å². The second-order valence-electron chi connectivity index (χ2n) is 7.29. The quantitative estimate of drug-likeness (QED) is 0.698. The first-order chi connectivity index (χ1) is 13.5. The lowest BCUT2D eigenvalue weighted by molar-refractivity contribution is -0.137. The summed E-state index contributed by atoms with van der Waals surface area (Å²) in [5.41, 5.74) is 0.968. The molecule has 1 aliphatic carbocycles. The molecule has 1 N–H and O–H groups in total. The summed E-state index contributed by atoms with van der Waals surface area (Å²) in [6.07, 6.45) is 3.59. The molecule has 156 valence electrons. The monoisotopic (exact) mass is 392 g/mol. The molecular weight excluding hydrogens is 360 g/mol. The topological polar surface area (TPSA) is 79.3 Å². The van der Waals surface area contributed by atoms with E-state index in [2.05, 4.69) is 0 Å². The molecule has 1 aromatic rings. The van der Waals surface area contributed by atoms with Gasteiger partial charge in [0.1, 0.15) is 13.2 Å². The molecule has 0 aromatic heterocycles. The lowest BCUT2D eigenvalue weighted by Gasteiger charge is -2.34. The van der Waals surface area contributed by atoms with Crippen molar-refractivity contribution in [2.24, 2.45) is 0 Å². The van der Waals surface area contributed by atoms with Gasteiger partial charge in [0.2, 0.25) is 5.91 Å². The van der Waals surface area contributed by atoms with Gasteiger partial charge in [-0.25, -0.2) is 4.79 Å². The summed E-state index contributed by atoms with van der Waals surface area (Å²) >= 11 is 0. The van der Waals surface area contributed by atoms with Crippen LogP contribution in [0.1, 0.15) is 37.7 Å². The maximum Gasteiger partial charge on any atom is 0.410 e. The van der Waals surface area contributed by atoms with E-state index in [9.17, 15) is 9.59 Å². The highest BCUT2D eigenvalue weighted by Crippen LogP contribution is 2.25. The first kappa shape index (κ1) is 22.2. The lowest BCUT2D eigenvalue weighted by atomic mass is 9.92. The Morgan fingerprint density at radius 1 is 1.11 bits per heavy atom. The first-order valence-corrected chi connectivity index (χ1v) is 9.91. The number of hydrogen-bond acceptors (Lipinski definition) is 5. The average molecular weight is 392 g/mol. The first-order valence-electron chi connectivity index (χ1n) is 9.91. The zero-order chi connectivity index (χ0) is 20.4. The largest absolute Gasteiger partial charge is 0.445 e. The summed E-state index contributed by atoms with van der Waals surface area (Å²) in [4.78, 5) is 27.5. The van der Waals surface area contributed by atoms with E-state index in [0.717, 1.165) is 31.2 Å². The van der Waals surface area contributed by atoms with Gasteiger partial charge in [0.05, 0.1) is 6.10 Å². The third kappa shape index (κ3) is 7.13. The van der Waals surface area contributed by atoms with Gasteiger partial charge in [-0.15, -0.1) is 0 Å². The fourth-order valence-electron chi connectivity index (χ4n) is 3.30. The Morgan fingerprint density at radius 3 is 2.43 bits per heavy atom. The Bertz CT molecular complexity index is 602. The van der Waals surface area contributed by atoms with Crippen LogP contribution in [0.2, 0.25) is 0 Å². The summed E-state index contributed by atoms with van der Waals surface area (Å²) < 4.78 is 11.1. The molecule has 7 heteroatoms. The van der Waals surface area contributed by atoms with Crippen LogP contribution in [0.4, 0.5) is 4.79 Å². The number of carbonyl (C=O) groups excluding carboxylic acids is 2. The van der Waals surface area contributed by atoms with Gasteiger partial charge in [0, 0.05) is 33.3 Å². The number of rotatable bonds is 9. The van der Waals surface area contributed by atoms with E-state index in [0.29, 0.717) is 13.0 Å². The Morgan fingerprint density at radius 2 is 1.79 bits per heavy atom. The molecule has 0 unspecified atom stereocenters. The average Bonchev–Trinajstić information content (AvgIpc) is 2.74. The zero-order valence-electron chi connectivity index (χ0n) is 16.9. The normalized spacial score (nSPS) is 19.1. The number of amides is 2. The van der Waals surface area contributed by atoms with E-state index in [1.807, 2.05) is 30.3 Å². The molecule has 0 radical (unpaired) electrons. The smallest absolute Gasteiger partial charge is 0.410 e. The standard InChI is InChI=1S/C21H32N2O5/c1-22(13-6-14-24)20(25)16-27-19-11-9-18(10-12-19)23(2)21(26)28-15-17-7-4-3-5-8-17/h3-5,7-8,18-19,24H,6,9-16H2,1-2H3/t18-,19-. The minimum absolute atomic E-state index is 0.0418. The Kier molecular flexibility index (Phi) is 9.23. The molecule has 1 aliphatic rings. The minimum Gasteiger partial charge on any atom is -0.445 e. The van der Waals surface area contributed by atoms with Gasteiger partial charge in [-0.2, -0.15) is 0 Å². The summed E-state index contributed by atoms with van der Waals surface area (Å²) in [5, 5.41) is 8.82. The molecule has 1 aromatic carbocycles. The molecule has 0 aliphatic heterocycles. The molecule has 1 saturated carbocycles. The van der Waals surface area contributed by atoms with Crippen molar-refractivity contribution >= 4 is 12.0 Å². The molecule has 0 bridgehead atoms. The predicted octanol–water partition coefficient (Wildman–Crippen LogP) is 2.42. The van der Waals surface area contributed by atoms with Crippen LogP contribution in [0.3, 0.4) is 0 Å². The SMILES string of the molecule is CN(CCCO)C(=O)CO[C@H]1CC[C@H](N(C)C(=O)OCc2ccccc2)CC1. The van der Waals surface area contributed by atoms with E-state index in [1.54, 1.807) is 23.9 Å². The third-order valence-corrected chi connectivity index (χ3v) is 5.20. The summed E-state index contributed by atoms with van der Waals surface area (Å²) in [6.45, 7) is 0.936. The summed E-state index contributed by atoms with van der Waals surface area (Å²) in [7, 11) is 3.49. The predicted molar refractivity (Wildman–Crippen MR) is 106 cm³/mol. The maximum atomic E-state index is 12.3. The van der Waals surface area contributed by atoms with E-state index in [1.165, 1.54) is 0 Å². The van der Waals surface area contributed by atoms with Crippen LogP contribution in [-0.2, 0) is 20.9 Å². The highest BCUT2D eigenvalue weighted by atomic mass is 16.6. The zero-order valence-corrected chi connectivity index (χ0v) is 16.9. The van der Waals surface area contributed by atoms with Crippen molar-refractivity contribution in [3.8, 4) is 0 Å². The summed E-state index contributed by atoms with van der Waals surface area (Å²) in [6, 6.07) is 9.76. The van der Waals surface area contributed by atoms with Gasteiger partial charge >= 0.3 is 6.09 Å². The highest BCUT2D eigenvalue weighted by Gasteiger charge is 2.28. The molecule has 1 fully saturated rings. The van der Waals surface area contributed by atoms with Crippen LogP contribution in [0.5, 0.6) is 0 Å². The number of aliphatic hydroxyl groups excluding tert-OH is 1. The Labute approximate surface area is 167 Å². The highest BCUT2D eigenvalue weighted by molar-refractivity contribution is 5.77. The number of aliphatic hydroxyl groups is 1. The molecule has 7 nitrogen and oxygen atoms in total. The fraction of sp³-hybridized carbons (Fsp3) is 0.619. The summed E-state index contributed by atoms with van der Waals surface area (Å²) in [5.74, 6) is -0.0721. The van der Waals surface area contributed by atoms with Gasteiger partial charge in [0.15, 0.2) is 0 Å². The molecule has 0 heterocycles. The van der Waals surface area contributed by atoms with Crippen molar-refractivity contribution in [2.75, 3.05) is 33.9 Å². The van der Waals surface area contributed by atoms with Gasteiger partial charge < -0.3 is 24.4 Å². The van der Waals surface area contributed by atoms with Gasteiger partial charge in [-0.05, 0) is 37.7 Å². The van der Waals surface area contributed by atoms with Crippen molar-refractivity contribution in [3.05, 3.63) is 35.9 Å². The van der Waals surface area contributed by atoms with E-state index in [4.69, 9.17) is 14.6 Å². The third-order valence-electron chi connectivity index (χ3n) is 5.20. The van der Waals surface area contributed by atoms with Crippen LogP contribution < -0.4 is 0 Å². The van der Waals surface area contributed by atoms with Crippen LogP contribution in [0, 0.1) is 0 Å². The lowest BCUT2D eigenvalue weighted by Crippen LogP contribution is -2.41. The van der Waals surface area contributed by atoms with Crippen molar-refractivity contribution in [1.82, 2.24) is 9.80 Å². The second kappa shape index (κ2) is 11.7. The van der Waals surface area contributed by atoms with Crippen molar-refractivity contribution in [3.63, 3.8) is 0 Å². The molecule has 2 amide bonds. The molecule has 2 rings (SSSR count). The van der Waals surface area contributed by atoms with E-state index < -0.39 is 0 Å². The number of carbonyl (C=O) groups is 2. The van der Waals surface area contributed by atoms with Gasteiger partial charge in [0.25, 0.3) is 0 Å². The number of hydrogen-bond donors (Lipinski definition) is 1. The molecule has 28 heavy (non-hydrogen) atoms. The minimum atomic E-state index is -0.311. The second-order valence-corrected chi connectivity index (χ2v) is 7.29. The molecule has 0 spiro atoms. The van der Waals surface area contributed by atoms with Gasteiger partial charge in [-0.1, -0.05) is 30.3 Å². The van der Waals surface area contributed by atoms with Crippen LogP contribution in [0.25, 0.3) is 0 Å². The number of benzene rings is 1. The number of likely N-dealkylation sites (N-methyl/N-ethyl adjacent to an activating group) is 1.